The molecule has 0 saturated heterocycles. The van der Waals surface area contributed by atoms with Gasteiger partial charge in [0, 0.05) is 4.90 Å². The van der Waals surface area contributed by atoms with E-state index in [0.717, 1.165) is 22.6 Å². The molecular formula is C27H25NO3S. The first-order chi connectivity index (χ1) is 15.5. The minimum Gasteiger partial charge on any atom is -0.491 e. The molecule has 0 atom stereocenters. The molecule has 0 fully saturated rings. The zero-order chi connectivity index (χ0) is 22.7. The molecule has 0 saturated carbocycles. The van der Waals surface area contributed by atoms with Crippen molar-refractivity contribution in [1.29, 1.82) is 0 Å². The van der Waals surface area contributed by atoms with E-state index >= 15 is 0 Å². The Morgan fingerprint density at radius 3 is 2.09 bits per heavy atom. The van der Waals surface area contributed by atoms with E-state index in [2.05, 4.69) is 6.92 Å². The molecule has 0 aromatic heterocycles. The number of ether oxygens (including phenoxy) is 1. The molecule has 0 radical (unpaired) electrons. The predicted molar refractivity (Wildman–Crippen MR) is 130 cm³/mol. The Bertz CT molecular complexity index is 1150. The Kier molecular flexibility index (Phi) is 6.47. The molecule has 4 rings (SSSR count). The van der Waals surface area contributed by atoms with Crippen molar-refractivity contribution in [3.8, 4) is 5.75 Å². The summed E-state index contributed by atoms with van der Waals surface area (Å²) in [7, 11) is 0. The van der Waals surface area contributed by atoms with Crippen molar-refractivity contribution >= 4 is 34.8 Å². The van der Waals surface area contributed by atoms with Gasteiger partial charge in [0.25, 0.3) is 11.8 Å². The monoisotopic (exact) mass is 443 g/mol. The van der Waals surface area contributed by atoms with Gasteiger partial charge in [-0.05, 0) is 67.8 Å². The highest BCUT2D eigenvalue weighted by Crippen LogP contribution is 2.41. The van der Waals surface area contributed by atoms with Crippen molar-refractivity contribution in [1.82, 2.24) is 0 Å². The molecule has 3 aromatic carbocycles. The molecule has 32 heavy (non-hydrogen) atoms. The van der Waals surface area contributed by atoms with Gasteiger partial charge in [-0.2, -0.15) is 0 Å². The molecule has 5 heteroatoms. The summed E-state index contributed by atoms with van der Waals surface area (Å²) in [5.41, 5.74) is 2.85. The number of thioether (sulfide) groups is 1. The molecule has 0 aliphatic carbocycles. The molecule has 1 heterocycles. The number of imide groups is 1. The van der Waals surface area contributed by atoms with Gasteiger partial charge in [-0.25, -0.2) is 4.90 Å². The lowest BCUT2D eigenvalue weighted by molar-refractivity contribution is -0.119. The first-order valence-corrected chi connectivity index (χ1v) is 11.5. The van der Waals surface area contributed by atoms with Crippen LogP contribution in [0.4, 0.5) is 5.69 Å². The fourth-order valence-electron chi connectivity index (χ4n) is 3.55. The second-order valence-corrected chi connectivity index (χ2v) is 8.86. The second-order valence-electron chi connectivity index (χ2n) is 7.78. The Hall–Kier alpha value is -3.31. The van der Waals surface area contributed by atoms with Crippen LogP contribution in [0, 0.1) is 0 Å². The van der Waals surface area contributed by atoms with Gasteiger partial charge in [0.1, 0.15) is 5.75 Å². The van der Waals surface area contributed by atoms with Crippen LogP contribution < -0.4 is 9.64 Å². The van der Waals surface area contributed by atoms with E-state index in [-0.39, 0.29) is 17.9 Å². The summed E-state index contributed by atoms with van der Waals surface area (Å²) in [4.78, 5) is 29.6. The molecule has 1 aliphatic rings. The molecule has 0 bridgehead atoms. The van der Waals surface area contributed by atoms with Crippen LogP contribution in [0.3, 0.4) is 0 Å². The number of amides is 2. The largest absolute Gasteiger partial charge is 0.491 e. The number of hydrogen-bond donors (Lipinski definition) is 0. The molecule has 162 valence electrons. The maximum atomic E-state index is 13.5. The van der Waals surface area contributed by atoms with Crippen molar-refractivity contribution in [3.63, 3.8) is 0 Å². The van der Waals surface area contributed by atoms with Gasteiger partial charge in [0.2, 0.25) is 0 Å². The van der Waals surface area contributed by atoms with Gasteiger partial charge in [0.15, 0.2) is 0 Å². The van der Waals surface area contributed by atoms with Gasteiger partial charge in [0.05, 0.1) is 22.3 Å². The van der Waals surface area contributed by atoms with Crippen LogP contribution in [0.5, 0.6) is 5.75 Å². The third kappa shape index (κ3) is 4.48. The molecule has 4 nitrogen and oxygen atoms in total. The van der Waals surface area contributed by atoms with Crippen LogP contribution in [0.25, 0.3) is 5.57 Å². The van der Waals surface area contributed by atoms with E-state index in [1.165, 1.54) is 16.7 Å². The van der Waals surface area contributed by atoms with Crippen LogP contribution in [0.1, 0.15) is 31.9 Å². The summed E-state index contributed by atoms with van der Waals surface area (Å²) >= 11 is 1.32. The van der Waals surface area contributed by atoms with Gasteiger partial charge >= 0.3 is 0 Å². The number of nitrogens with zero attached hydrogens (tertiary/aromatic N) is 1. The minimum absolute atomic E-state index is 0.0561. The summed E-state index contributed by atoms with van der Waals surface area (Å²) in [6.07, 6.45) is 0.950. The van der Waals surface area contributed by atoms with Gasteiger partial charge < -0.3 is 4.74 Å². The molecule has 3 aromatic rings. The Morgan fingerprint density at radius 1 is 0.844 bits per heavy atom. The highest BCUT2D eigenvalue weighted by atomic mass is 32.2. The van der Waals surface area contributed by atoms with Gasteiger partial charge in [-0.3, -0.25) is 9.59 Å². The average molecular weight is 444 g/mol. The topological polar surface area (TPSA) is 46.6 Å². The number of hydrogen-bond acceptors (Lipinski definition) is 4. The summed E-state index contributed by atoms with van der Waals surface area (Å²) in [6.45, 7) is 6.00. The summed E-state index contributed by atoms with van der Waals surface area (Å²) in [6, 6.07) is 24.6. The lowest BCUT2D eigenvalue weighted by atomic mass is 10.1. The lowest BCUT2D eigenvalue weighted by Gasteiger charge is -2.16. The van der Waals surface area contributed by atoms with E-state index in [1.54, 1.807) is 0 Å². The van der Waals surface area contributed by atoms with Gasteiger partial charge in [-0.15, -0.1) is 0 Å². The van der Waals surface area contributed by atoms with E-state index in [1.807, 2.05) is 92.7 Å². The minimum atomic E-state index is -0.310. The highest BCUT2D eigenvalue weighted by molar-refractivity contribution is 8.04. The van der Waals surface area contributed by atoms with Crippen molar-refractivity contribution in [2.24, 2.45) is 0 Å². The second kappa shape index (κ2) is 9.45. The lowest BCUT2D eigenvalue weighted by Crippen LogP contribution is -2.31. The van der Waals surface area contributed by atoms with E-state index in [0.29, 0.717) is 21.7 Å². The number of benzene rings is 3. The van der Waals surface area contributed by atoms with Crippen LogP contribution in [-0.2, 0) is 16.0 Å². The summed E-state index contributed by atoms with van der Waals surface area (Å²) in [5, 5.41) is 0. The normalized spacial score (nSPS) is 13.9. The van der Waals surface area contributed by atoms with Crippen LogP contribution in [0.2, 0.25) is 0 Å². The maximum Gasteiger partial charge on any atom is 0.272 e. The first-order valence-electron chi connectivity index (χ1n) is 10.7. The first kappa shape index (κ1) is 21.9. The number of anilines is 1. The summed E-state index contributed by atoms with van der Waals surface area (Å²) in [5.74, 6) is 0.117. The van der Waals surface area contributed by atoms with Crippen molar-refractivity contribution in [2.75, 3.05) is 4.90 Å². The SMILES string of the molecule is CCc1ccc(N2C(=O)C(Sc3ccccc3)=C(c3ccc(OC(C)C)cc3)C2=O)cc1. The van der Waals surface area contributed by atoms with Crippen molar-refractivity contribution < 1.29 is 14.3 Å². The number of carbonyl (C=O) groups is 2. The Balaban J connectivity index is 1.75. The van der Waals surface area contributed by atoms with Gasteiger partial charge in [-0.1, -0.05) is 61.2 Å². The third-order valence-electron chi connectivity index (χ3n) is 5.12. The third-order valence-corrected chi connectivity index (χ3v) is 6.21. The molecule has 2 amide bonds. The zero-order valence-electron chi connectivity index (χ0n) is 18.4. The fraction of sp³-hybridized carbons (Fsp3) is 0.185. The Morgan fingerprint density at radius 2 is 1.50 bits per heavy atom. The molecular weight excluding hydrogens is 418 g/mol. The molecule has 0 unspecified atom stereocenters. The van der Waals surface area contributed by atoms with Crippen molar-refractivity contribution in [2.45, 2.75) is 38.2 Å². The molecule has 0 spiro atoms. The van der Waals surface area contributed by atoms with Crippen LogP contribution in [0.15, 0.2) is 88.7 Å². The Labute approximate surface area is 192 Å². The summed E-state index contributed by atoms with van der Waals surface area (Å²) < 4.78 is 5.73. The zero-order valence-corrected chi connectivity index (χ0v) is 19.2. The molecule has 0 N–H and O–H groups in total. The molecule has 1 aliphatic heterocycles. The van der Waals surface area contributed by atoms with Crippen LogP contribution >= 0.6 is 11.8 Å². The highest BCUT2D eigenvalue weighted by Gasteiger charge is 2.40. The smallest absolute Gasteiger partial charge is 0.272 e. The average Bonchev–Trinajstić information content (AvgIpc) is 3.04. The predicted octanol–water partition coefficient (Wildman–Crippen LogP) is 6.11. The maximum absolute atomic E-state index is 13.5. The standard InChI is InChI=1S/C27H25NO3S/c1-4-19-10-14-21(15-11-19)28-26(29)24(20-12-16-22(17-13-20)31-18(2)3)25(27(28)30)32-23-8-6-5-7-9-23/h5-18H,4H2,1-3H3. The fourth-order valence-corrected chi connectivity index (χ4v) is 4.57. The van der Waals surface area contributed by atoms with E-state index < -0.39 is 0 Å². The number of carbonyl (C=O) groups excluding carboxylic acids is 2. The quantitative estimate of drug-likeness (QED) is 0.413. The van der Waals surface area contributed by atoms with Crippen LogP contribution in [-0.4, -0.2) is 17.9 Å². The van der Waals surface area contributed by atoms with E-state index in [9.17, 15) is 9.59 Å². The van der Waals surface area contributed by atoms with Crippen molar-refractivity contribution in [3.05, 3.63) is 94.9 Å². The van der Waals surface area contributed by atoms with E-state index in [4.69, 9.17) is 4.74 Å². The number of rotatable bonds is 7. The number of aryl methyl sites for hydroxylation is 1.